The molecule has 0 spiro atoms. The molecule has 0 aliphatic rings. The molecule has 3 aromatic carbocycles. The molecule has 0 bridgehead atoms. The fraction of sp³-hybridized carbons (Fsp3) is 0.120. The first kappa shape index (κ1) is 25.5. The second-order valence-corrected chi connectivity index (χ2v) is 10.7. The van der Waals surface area contributed by atoms with Crippen molar-refractivity contribution in [2.24, 2.45) is 0 Å². The molecule has 1 aromatic heterocycles. The number of carbonyl (C=O) groups is 1. The Morgan fingerprint density at radius 2 is 1.83 bits per heavy atom. The molecule has 11 heteroatoms. The molecule has 1 heterocycles. The van der Waals surface area contributed by atoms with Gasteiger partial charge in [-0.15, -0.1) is 11.3 Å². The Morgan fingerprint density at radius 3 is 2.50 bits per heavy atom. The number of sulfonamides is 1. The Balaban J connectivity index is 1.37. The van der Waals surface area contributed by atoms with Gasteiger partial charge in [-0.25, -0.2) is 13.4 Å². The molecular formula is C25H22ClN3O5S2. The molecule has 186 valence electrons. The molecule has 0 fully saturated rings. The number of nitrogens with one attached hydrogen (secondary N) is 2. The van der Waals surface area contributed by atoms with Crippen LogP contribution in [0.1, 0.15) is 5.01 Å². The van der Waals surface area contributed by atoms with Gasteiger partial charge in [-0.1, -0.05) is 23.7 Å². The fourth-order valence-electron chi connectivity index (χ4n) is 3.23. The number of ether oxygens (including phenoxy) is 2. The van der Waals surface area contributed by atoms with Crippen LogP contribution in [0.5, 0.6) is 11.5 Å². The van der Waals surface area contributed by atoms with Gasteiger partial charge >= 0.3 is 0 Å². The second-order valence-electron chi connectivity index (χ2n) is 7.60. The molecule has 0 saturated carbocycles. The van der Waals surface area contributed by atoms with Crippen molar-refractivity contribution in [2.75, 3.05) is 23.8 Å². The minimum atomic E-state index is -3.88. The average molecular weight is 544 g/mol. The highest BCUT2D eigenvalue weighted by molar-refractivity contribution is 7.92. The number of aryl methyl sites for hydroxylation is 1. The van der Waals surface area contributed by atoms with Crippen LogP contribution in [0, 0.1) is 6.92 Å². The molecule has 8 nitrogen and oxygen atoms in total. The lowest BCUT2D eigenvalue weighted by molar-refractivity contribution is -0.118. The Kier molecular flexibility index (Phi) is 7.78. The standard InChI is InChI=1S/C25H22ClN3O5S2/c1-16-27-23(15-35-16)17-4-3-5-19(12-17)28-25(30)14-34-24-11-10-21(13-22(24)26)36(31,32)29-18-6-8-20(33-2)9-7-18/h3-13,15,29H,14H2,1-2H3,(H,28,30). The number of amides is 1. The van der Waals surface area contributed by atoms with E-state index in [9.17, 15) is 13.2 Å². The van der Waals surface area contributed by atoms with Gasteiger partial charge < -0.3 is 14.8 Å². The third-order valence-electron chi connectivity index (χ3n) is 4.98. The van der Waals surface area contributed by atoms with E-state index in [4.69, 9.17) is 21.1 Å². The normalized spacial score (nSPS) is 11.1. The summed E-state index contributed by atoms with van der Waals surface area (Å²) in [6.45, 7) is 1.62. The quantitative estimate of drug-likeness (QED) is 0.284. The van der Waals surface area contributed by atoms with Gasteiger partial charge in [0.25, 0.3) is 15.9 Å². The van der Waals surface area contributed by atoms with Gasteiger partial charge in [0.15, 0.2) is 6.61 Å². The van der Waals surface area contributed by atoms with E-state index in [-0.39, 0.29) is 22.3 Å². The van der Waals surface area contributed by atoms with Crippen molar-refractivity contribution in [3.63, 3.8) is 0 Å². The van der Waals surface area contributed by atoms with Gasteiger partial charge in [-0.2, -0.15) is 0 Å². The number of nitrogens with zero attached hydrogens (tertiary/aromatic N) is 1. The molecule has 2 N–H and O–H groups in total. The Hall–Kier alpha value is -3.60. The van der Waals surface area contributed by atoms with Gasteiger partial charge in [0.1, 0.15) is 11.5 Å². The van der Waals surface area contributed by atoms with Crippen LogP contribution in [0.4, 0.5) is 11.4 Å². The maximum atomic E-state index is 12.7. The number of methoxy groups -OCH3 is 1. The van der Waals surface area contributed by atoms with Crippen molar-refractivity contribution in [1.29, 1.82) is 0 Å². The number of anilines is 2. The van der Waals surface area contributed by atoms with Gasteiger partial charge in [0.05, 0.1) is 27.7 Å². The lowest BCUT2D eigenvalue weighted by Gasteiger charge is -2.12. The molecule has 4 aromatic rings. The number of carbonyl (C=O) groups excluding carboxylic acids is 1. The second kappa shape index (κ2) is 11.0. The van der Waals surface area contributed by atoms with E-state index in [1.165, 1.54) is 25.3 Å². The fourth-order valence-corrected chi connectivity index (χ4v) is 5.24. The number of rotatable bonds is 9. The number of hydrogen-bond acceptors (Lipinski definition) is 7. The first-order chi connectivity index (χ1) is 17.2. The van der Waals surface area contributed by atoms with E-state index in [1.807, 2.05) is 30.5 Å². The Morgan fingerprint density at radius 1 is 1.06 bits per heavy atom. The van der Waals surface area contributed by atoms with Crippen molar-refractivity contribution in [1.82, 2.24) is 4.98 Å². The highest BCUT2D eigenvalue weighted by Crippen LogP contribution is 2.29. The zero-order valence-electron chi connectivity index (χ0n) is 19.3. The number of thiazole rings is 1. The first-order valence-corrected chi connectivity index (χ1v) is 13.4. The molecule has 36 heavy (non-hydrogen) atoms. The maximum absolute atomic E-state index is 12.7. The third kappa shape index (κ3) is 6.34. The maximum Gasteiger partial charge on any atom is 0.262 e. The van der Waals surface area contributed by atoms with Crippen molar-refractivity contribution in [3.8, 4) is 22.8 Å². The molecule has 0 unspecified atom stereocenters. The largest absolute Gasteiger partial charge is 0.497 e. The molecule has 1 amide bonds. The van der Waals surface area contributed by atoms with E-state index in [2.05, 4.69) is 15.0 Å². The number of benzene rings is 3. The van der Waals surface area contributed by atoms with Crippen LogP contribution in [0.25, 0.3) is 11.3 Å². The molecule has 0 aliphatic heterocycles. The molecule has 0 atom stereocenters. The van der Waals surface area contributed by atoms with Crippen molar-refractivity contribution >= 4 is 50.2 Å². The summed E-state index contributed by atoms with van der Waals surface area (Å²) in [7, 11) is -2.36. The average Bonchev–Trinajstić information content (AvgIpc) is 3.30. The lowest BCUT2D eigenvalue weighted by Crippen LogP contribution is -2.20. The molecule has 4 rings (SSSR count). The van der Waals surface area contributed by atoms with Crippen molar-refractivity contribution in [3.05, 3.63) is 82.1 Å². The van der Waals surface area contributed by atoms with E-state index in [1.54, 1.807) is 41.7 Å². The topological polar surface area (TPSA) is 107 Å². The number of halogens is 1. The summed E-state index contributed by atoms with van der Waals surface area (Å²) in [5, 5.41) is 5.74. The molecule has 0 saturated heterocycles. The Bertz CT molecular complexity index is 1490. The predicted octanol–water partition coefficient (Wildman–Crippen LogP) is 5.60. The first-order valence-electron chi connectivity index (χ1n) is 10.6. The zero-order chi connectivity index (χ0) is 25.7. The smallest absolute Gasteiger partial charge is 0.262 e. The highest BCUT2D eigenvalue weighted by atomic mass is 35.5. The molecule has 0 radical (unpaired) electrons. The summed E-state index contributed by atoms with van der Waals surface area (Å²) < 4.78 is 38.5. The zero-order valence-corrected chi connectivity index (χ0v) is 21.7. The van der Waals surface area contributed by atoms with Crippen LogP contribution in [0.2, 0.25) is 5.02 Å². The summed E-state index contributed by atoms with van der Waals surface area (Å²) in [4.78, 5) is 16.8. The Labute approximate surface area is 217 Å². The van der Waals surface area contributed by atoms with Crippen molar-refractivity contribution in [2.45, 2.75) is 11.8 Å². The minimum absolute atomic E-state index is 0.0470. The van der Waals surface area contributed by atoms with Crippen molar-refractivity contribution < 1.29 is 22.7 Å². The number of hydrogen-bond donors (Lipinski definition) is 2. The third-order valence-corrected chi connectivity index (χ3v) is 7.42. The van der Waals surface area contributed by atoms with Crippen LogP contribution in [0.3, 0.4) is 0 Å². The van der Waals surface area contributed by atoms with Crippen LogP contribution in [-0.2, 0) is 14.8 Å². The molecule has 0 aliphatic carbocycles. The van der Waals surface area contributed by atoms with E-state index in [0.29, 0.717) is 17.1 Å². The van der Waals surface area contributed by atoms with Crippen LogP contribution in [0.15, 0.2) is 77.0 Å². The summed E-state index contributed by atoms with van der Waals surface area (Å²) in [5.41, 5.74) is 2.70. The van der Waals surface area contributed by atoms with Crippen LogP contribution < -0.4 is 19.5 Å². The van der Waals surface area contributed by atoms with E-state index < -0.39 is 15.9 Å². The lowest BCUT2D eigenvalue weighted by atomic mass is 10.1. The van der Waals surface area contributed by atoms with Crippen LogP contribution >= 0.6 is 22.9 Å². The van der Waals surface area contributed by atoms with Gasteiger partial charge in [-0.05, 0) is 61.5 Å². The summed E-state index contributed by atoms with van der Waals surface area (Å²) >= 11 is 7.79. The molecular weight excluding hydrogens is 522 g/mol. The van der Waals surface area contributed by atoms with Crippen LogP contribution in [-0.4, -0.2) is 33.0 Å². The van der Waals surface area contributed by atoms with Gasteiger partial charge in [0.2, 0.25) is 0 Å². The van der Waals surface area contributed by atoms with Gasteiger partial charge in [0, 0.05) is 22.3 Å². The van der Waals surface area contributed by atoms with Gasteiger partial charge in [-0.3, -0.25) is 9.52 Å². The van der Waals surface area contributed by atoms with E-state index in [0.717, 1.165) is 16.3 Å². The SMILES string of the molecule is COc1ccc(NS(=O)(=O)c2ccc(OCC(=O)Nc3cccc(-c4csc(C)n4)c3)c(Cl)c2)cc1. The summed E-state index contributed by atoms with van der Waals surface area (Å²) in [6.07, 6.45) is 0. The minimum Gasteiger partial charge on any atom is -0.497 e. The monoisotopic (exact) mass is 543 g/mol. The predicted molar refractivity (Wildman–Crippen MR) is 142 cm³/mol. The van der Waals surface area contributed by atoms with E-state index >= 15 is 0 Å². The highest BCUT2D eigenvalue weighted by Gasteiger charge is 2.17. The number of aromatic nitrogens is 1. The summed E-state index contributed by atoms with van der Waals surface area (Å²) in [6, 6.07) is 17.8. The summed E-state index contributed by atoms with van der Waals surface area (Å²) in [5.74, 6) is 0.395.